The van der Waals surface area contributed by atoms with Crippen LogP contribution in [0.5, 0.6) is 0 Å². The molecular formula is C8H10ClN3O2. The lowest BCUT2D eigenvalue weighted by atomic mass is 10.5. The Bertz CT molecular complexity index is 302. The van der Waals surface area contributed by atoms with Gasteiger partial charge in [0.1, 0.15) is 12.4 Å². The summed E-state index contributed by atoms with van der Waals surface area (Å²) in [6.07, 6.45) is 0. The van der Waals surface area contributed by atoms with Crippen LogP contribution in [0, 0.1) is 0 Å². The first kappa shape index (κ1) is 10.7. The van der Waals surface area contributed by atoms with Gasteiger partial charge in [-0.05, 0) is 19.1 Å². The van der Waals surface area contributed by atoms with E-state index < -0.39 is 0 Å². The molecule has 0 spiro atoms. The second-order valence-corrected chi connectivity index (χ2v) is 2.79. The summed E-state index contributed by atoms with van der Waals surface area (Å²) in [4.78, 5) is 10.9. The first-order chi connectivity index (χ1) is 6.72. The van der Waals surface area contributed by atoms with E-state index in [1.165, 1.54) is 0 Å². The molecule has 0 amide bonds. The number of carbonyl (C=O) groups is 1. The molecule has 0 aliphatic heterocycles. The maximum Gasteiger partial charge on any atom is 0.325 e. The smallest absolute Gasteiger partial charge is 0.325 e. The molecule has 0 saturated carbocycles. The number of hydrogen-bond donors (Lipinski definition) is 1. The van der Waals surface area contributed by atoms with Crippen LogP contribution in [-0.4, -0.2) is 29.3 Å². The van der Waals surface area contributed by atoms with Gasteiger partial charge < -0.3 is 10.1 Å². The monoisotopic (exact) mass is 215 g/mol. The maximum absolute atomic E-state index is 10.9. The van der Waals surface area contributed by atoms with Gasteiger partial charge in [-0.25, -0.2) is 0 Å². The number of aromatic nitrogens is 2. The Hall–Kier alpha value is -1.36. The van der Waals surface area contributed by atoms with Crippen molar-refractivity contribution in [2.75, 3.05) is 18.5 Å². The molecule has 1 heterocycles. The van der Waals surface area contributed by atoms with Crippen molar-refractivity contribution in [1.82, 2.24) is 10.2 Å². The van der Waals surface area contributed by atoms with E-state index >= 15 is 0 Å². The Kier molecular flexibility index (Phi) is 4.12. The zero-order chi connectivity index (χ0) is 10.4. The summed E-state index contributed by atoms with van der Waals surface area (Å²) in [6, 6.07) is 3.22. The molecule has 6 heteroatoms. The fraction of sp³-hybridized carbons (Fsp3) is 0.375. The number of nitrogens with zero attached hydrogens (tertiary/aromatic N) is 2. The molecule has 0 saturated heterocycles. The standard InChI is InChI=1S/C8H10ClN3O2/c1-2-14-8(13)5-10-7-4-3-6(9)11-12-7/h3-4H,2,5H2,1H3,(H,10,12). The molecule has 0 radical (unpaired) electrons. The van der Waals surface area contributed by atoms with Gasteiger partial charge in [-0.15, -0.1) is 10.2 Å². The topological polar surface area (TPSA) is 64.1 Å². The third-order valence-electron chi connectivity index (χ3n) is 1.35. The Labute approximate surface area is 86.4 Å². The molecule has 1 aromatic rings. The van der Waals surface area contributed by atoms with Crippen molar-refractivity contribution in [3.8, 4) is 0 Å². The van der Waals surface area contributed by atoms with E-state index in [0.717, 1.165) is 0 Å². The highest BCUT2D eigenvalue weighted by Gasteiger charge is 2.01. The highest BCUT2D eigenvalue weighted by atomic mass is 35.5. The van der Waals surface area contributed by atoms with Crippen molar-refractivity contribution in [3.05, 3.63) is 17.3 Å². The summed E-state index contributed by atoms with van der Waals surface area (Å²) in [5.41, 5.74) is 0. The summed E-state index contributed by atoms with van der Waals surface area (Å²) in [5, 5.41) is 10.4. The molecular weight excluding hydrogens is 206 g/mol. The van der Waals surface area contributed by atoms with E-state index in [2.05, 4.69) is 15.5 Å². The third kappa shape index (κ3) is 3.57. The number of carbonyl (C=O) groups excluding carboxylic acids is 1. The summed E-state index contributed by atoms with van der Waals surface area (Å²) in [7, 11) is 0. The molecule has 76 valence electrons. The normalized spacial score (nSPS) is 9.57. The summed E-state index contributed by atoms with van der Waals surface area (Å²) >= 11 is 5.53. The van der Waals surface area contributed by atoms with E-state index in [4.69, 9.17) is 16.3 Å². The van der Waals surface area contributed by atoms with Gasteiger partial charge in [0.05, 0.1) is 6.61 Å². The molecule has 0 unspecified atom stereocenters. The van der Waals surface area contributed by atoms with Crippen LogP contribution in [-0.2, 0) is 9.53 Å². The molecule has 1 N–H and O–H groups in total. The summed E-state index contributed by atoms with van der Waals surface area (Å²) in [6.45, 7) is 2.19. The molecule has 0 aliphatic rings. The number of anilines is 1. The number of nitrogens with one attached hydrogen (secondary N) is 1. The van der Waals surface area contributed by atoms with Gasteiger partial charge in [-0.3, -0.25) is 4.79 Å². The van der Waals surface area contributed by atoms with Crippen LogP contribution in [0.4, 0.5) is 5.82 Å². The van der Waals surface area contributed by atoms with Gasteiger partial charge in [0, 0.05) is 0 Å². The molecule has 0 aliphatic carbocycles. The van der Waals surface area contributed by atoms with Crippen molar-refractivity contribution < 1.29 is 9.53 Å². The number of halogens is 1. The fourth-order valence-electron chi connectivity index (χ4n) is 0.785. The fourth-order valence-corrected chi connectivity index (χ4v) is 0.886. The third-order valence-corrected chi connectivity index (χ3v) is 1.55. The van der Waals surface area contributed by atoms with Crippen LogP contribution < -0.4 is 5.32 Å². The largest absolute Gasteiger partial charge is 0.465 e. The molecule has 0 aromatic carbocycles. The SMILES string of the molecule is CCOC(=O)CNc1ccc(Cl)nn1. The lowest BCUT2D eigenvalue weighted by Gasteiger charge is -2.03. The van der Waals surface area contributed by atoms with E-state index in [9.17, 15) is 4.79 Å². The first-order valence-corrected chi connectivity index (χ1v) is 4.49. The predicted molar refractivity (Wildman–Crippen MR) is 52.2 cm³/mol. The van der Waals surface area contributed by atoms with Gasteiger partial charge in [0.15, 0.2) is 5.15 Å². The minimum absolute atomic E-state index is 0.0736. The van der Waals surface area contributed by atoms with E-state index in [-0.39, 0.29) is 12.5 Å². The summed E-state index contributed by atoms with van der Waals surface area (Å²) < 4.78 is 4.71. The number of hydrogen-bond acceptors (Lipinski definition) is 5. The molecule has 1 rings (SSSR count). The average Bonchev–Trinajstić information content (AvgIpc) is 2.17. The van der Waals surface area contributed by atoms with E-state index in [1.54, 1.807) is 19.1 Å². The van der Waals surface area contributed by atoms with E-state index in [0.29, 0.717) is 17.6 Å². The van der Waals surface area contributed by atoms with Crippen molar-refractivity contribution in [2.45, 2.75) is 6.92 Å². The molecule has 0 atom stereocenters. The van der Waals surface area contributed by atoms with Crippen LogP contribution in [0.25, 0.3) is 0 Å². The maximum atomic E-state index is 10.9. The second kappa shape index (κ2) is 5.39. The zero-order valence-corrected chi connectivity index (χ0v) is 8.41. The minimum Gasteiger partial charge on any atom is -0.465 e. The van der Waals surface area contributed by atoms with Crippen LogP contribution in [0.15, 0.2) is 12.1 Å². The Balaban J connectivity index is 2.38. The van der Waals surface area contributed by atoms with Gasteiger partial charge in [0.2, 0.25) is 0 Å². The summed E-state index contributed by atoms with van der Waals surface area (Å²) in [5.74, 6) is 0.159. The molecule has 5 nitrogen and oxygen atoms in total. The second-order valence-electron chi connectivity index (χ2n) is 2.40. The zero-order valence-electron chi connectivity index (χ0n) is 7.66. The lowest BCUT2D eigenvalue weighted by Crippen LogP contribution is -2.17. The van der Waals surface area contributed by atoms with Gasteiger partial charge in [-0.1, -0.05) is 11.6 Å². The Morgan fingerprint density at radius 1 is 1.57 bits per heavy atom. The van der Waals surface area contributed by atoms with Crippen molar-refractivity contribution in [2.24, 2.45) is 0 Å². The Morgan fingerprint density at radius 2 is 2.36 bits per heavy atom. The molecule has 0 bridgehead atoms. The van der Waals surface area contributed by atoms with E-state index in [1.807, 2.05) is 0 Å². The minimum atomic E-state index is -0.329. The lowest BCUT2D eigenvalue weighted by molar-refractivity contribution is -0.140. The van der Waals surface area contributed by atoms with Crippen LogP contribution in [0.2, 0.25) is 5.15 Å². The van der Waals surface area contributed by atoms with Crippen LogP contribution in [0.1, 0.15) is 6.92 Å². The number of esters is 1. The van der Waals surface area contributed by atoms with Crippen LogP contribution >= 0.6 is 11.6 Å². The first-order valence-electron chi connectivity index (χ1n) is 4.11. The van der Waals surface area contributed by atoms with Crippen molar-refractivity contribution in [1.29, 1.82) is 0 Å². The highest BCUT2D eigenvalue weighted by molar-refractivity contribution is 6.29. The Morgan fingerprint density at radius 3 is 2.93 bits per heavy atom. The average molecular weight is 216 g/mol. The van der Waals surface area contributed by atoms with Gasteiger partial charge >= 0.3 is 5.97 Å². The molecule has 0 fully saturated rings. The van der Waals surface area contributed by atoms with Crippen molar-refractivity contribution in [3.63, 3.8) is 0 Å². The predicted octanol–water partition coefficient (Wildman–Crippen LogP) is 1.10. The van der Waals surface area contributed by atoms with Gasteiger partial charge in [-0.2, -0.15) is 0 Å². The quantitative estimate of drug-likeness (QED) is 0.763. The molecule has 14 heavy (non-hydrogen) atoms. The highest BCUT2D eigenvalue weighted by Crippen LogP contribution is 2.05. The van der Waals surface area contributed by atoms with Crippen LogP contribution in [0.3, 0.4) is 0 Å². The number of ether oxygens (including phenoxy) is 1. The number of rotatable bonds is 4. The molecule has 1 aromatic heterocycles. The van der Waals surface area contributed by atoms with Crippen molar-refractivity contribution >= 4 is 23.4 Å². The van der Waals surface area contributed by atoms with Gasteiger partial charge in [0.25, 0.3) is 0 Å².